The van der Waals surface area contributed by atoms with E-state index >= 15 is 0 Å². The Morgan fingerprint density at radius 2 is 2.07 bits per heavy atom. The molecule has 29 heavy (non-hydrogen) atoms. The summed E-state index contributed by atoms with van der Waals surface area (Å²) in [6.07, 6.45) is 3.30. The van der Waals surface area contributed by atoms with Crippen LogP contribution >= 0.6 is 11.3 Å². The highest BCUT2D eigenvalue weighted by atomic mass is 32.1. The van der Waals surface area contributed by atoms with Crippen LogP contribution in [0.1, 0.15) is 34.9 Å². The number of hydrogen-bond acceptors (Lipinski definition) is 4. The summed E-state index contributed by atoms with van der Waals surface area (Å²) in [5.74, 6) is -0.391. The Morgan fingerprint density at radius 3 is 2.66 bits per heavy atom. The lowest BCUT2D eigenvalue weighted by atomic mass is 10.0. The van der Waals surface area contributed by atoms with Crippen molar-refractivity contribution in [1.29, 1.82) is 0 Å². The van der Waals surface area contributed by atoms with Gasteiger partial charge in [0.1, 0.15) is 17.7 Å². The molecule has 152 valence electrons. The summed E-state index contributed by atoms with van der Waals surface area (Å²) in [7, 11) is 0. The van der Waals surface area contributed by atoms with Crippen molar-refractivity contribution < 1.29 is 14.0 Å². The summed E-state index contributed by atoms with van der Waals surface area (Å²) in [6.45, 7) is 5.68. The number of carbonyl (C=O) groups is 2. The van der Waals surface area contributed by atoms with E-state index in [0.29, 0.717) is 22.0 Å². The number of aromatic nitrogens is 2. The predicted octanol–water partition coefficient (Wildman–Crippen LogP) is 3.45. The van der Waals surface area contributed by atoms with Gasteiger partial charge in [-0.25, -0.2) is 9.37 Å². The lowest BCUT2D eigenvalue weighted by Crippen LogP contribution is -2.49. The lowest BCUT2D eigenvalue weighted by molar-refractivity contribution is -0.124. The number of benzene rings is 1. The fourth-order valence-electron chi connectivity index (χ4n) is 2.94. The summed E-state index contributed by atoms with van der Waals surface area (Å²) in [5.41, 5.74) is 1.03. The van der Waals surface area contributed by atoms with Crippen LogP contribution in [0.25, 0.3) is 5.69 Å². The summed E-state index contributed by atoms with van der Waals surface area (Å²) >= 11 is 1.32. The van der Waals surface area contributed by atoms with Crippen LogP contribution in [0.3, 0.4) is 0 Å². The molecule has 0 saturated carbocycles. The summed E-state index contributed by atoms with van der Waals surface area (Å²) in [6, 6.07) is 7.62. The Balaban J connectivity index is 1.64. The van der Waals surface area contributed by atoms with Crippen molar-refractivity contribution in [3.05, 3.63) is 70.2 Å². The zero-order valence-electron chi connectivity index (χ0n) is 16.5. The van der Waals surface area contributed by atoms with Gasteiger partial charge >= 0.3 is 0 Å². The number of imidazole rings is 1. The molecule has 3 rings (SSSR count). The van der Waals surface area contributed by atoms with Crippen LogP contribution in [0.15, 0.2) is 48.1 Å². The van der Waals surface area contributed by atoms with Crippen LogP contribution in [0.4, 0.5) is 4.39 Å². The summed E-state index contributed by atoms with van der Waals surface area (Å²) in [5, 5.41) is 7.37. The number of thiophene rings is 1. The normalized spacial score (nSPS) is 12.0. The van der Waals surface area contributed by atoms with Gasteiger partial charge in [-0.05, 0) is 42.0 Å². The molecule has 1 atom stereocenters. The molecule has 8 heteroatoms. The molecule has 3 aromatic rings. The molecule has 2 aromatic heterocycles. The minimum atomic E-state index is -0.678. The van der Waals surface area contributed by atoms with Crippen molar-refractivity contribution in [3.63, 3.8) is 0 Å². The molecule has 1 unspecified atom stereocenters. The fourth-order valence-corrected chi connectivity index (χ4v) is 3.57. The first kappa shape index (κ1) is 20.7. The molecule has 2 heterocycles. The van der Waals surface area contributed by atoms with Crippen LogP contribution in [0.5, 0.6) is 0 Å². The highest BCUT2D eigenvalue weighted by Crippen LogP contribution is 2.17. The Bertz CT molecular complexity index is 998. The average molecular weight is 415 g/mol. The van der Waals surface area contributed by atoms with E-state index in [1.165, 1.54) is 17.4 Å². The minimum Gasteiger partial charge on any atom is -0.350 e. The number of amides is 2. The fraction of sp³-hybridized carbons (Fsp3) is 0.286. The number of carbonyl (C=O) groups excluding carboxylic acids is 2. The molecule has 0 spiro atoms. The Hall–Kier alpha value is -3.00. The molecular formula is C21H23FN4O2S. The number of halogens is 1. The molecule has 0 saturated heterocycles. The SMILES string of the molecule is Cc1nccn1-c1ccc(CNC(=O)C(NC(=O)c2cccs2)C(C)C)cc1F. The second-order valence-corrected chi connectivity index (χ2v) is 7.97. The van der Waals surface area contributed by atoms with E-state index in [0.717, 1.165) is 0 Å². The second-order valence-electron chi connectivity index (χ2n) is 7.02. The van der Waals surface area contributed by atoms with Gasteiger partial charge in [0, 0.05) is 18.9 Å². The quantitative estimate of drug-likeness (QED) is 0.622. The zero-order chi connectivity index (χ0) is 21.0. The monoisotopic (exact) mass is 414 g/mol. The number of nitrogens with zero attached hydrogens (tertiary/aromatic N) is 2. The van der Waals surface area contributed by atoms with Crippen molar-refractivity contribution in [2.45, 2.75) is 33.4 Å². The van der Waals surface area contributed by atoms with Gasteiger partial charge in [0.25, 0.3) is 5.91 Å². The molecule has 1 aromatic carbocycles. The van der Waals surface area contributed by atoms with Gasteiger partial charge in [0.2, 0.25) is 5.91 Å². The summed E-state index contributed by atoms with van der Waals surface area (Å²) < 4.78 is 16.2. The lowest BCUT2D eigenvalue weighted by Gasteiger charge is -2.21. The Labute approximate surface area is 172 Å². The van der Waals surface area contributed by atoms with Crippen molar-refractivity contribution in [2.75, 3.05) is 0 Å². The number of rotatable bonds is 7. The maximum absolute atomic E-state index is 14.5. The first-order chi connectivity index (χ1) is 13.9. The number of aryl methyl sites for hydroxylation is 1. The average Bonchev–Trinajstić information content (AvgIpc) is 3.36. The van der Waals surface area contributed by atoms with Crippen molar-refractivity contribution in [1.82, 2.24) is 20.2 Å². The maximum atomic E-state index is 14.5. The van der Waals surface area contributed by atoms with Crippen molar-refractivity contribution >= 4 is 23.2 Å². The van der Waals surface area contributed by atoms with Gasteiger partial charge in [-0.15, -0.1) is 11.3 Å². The Kier molecular flexibility index (Phi) is 6.43. The van der Waals surface area contributed by atoms with E-state index in [9.17, 15) is 14.0 Å². The van der Waals surface area contributed by atoms with Gasteiger partial charge in [0.05, 0.1) is 10.6 Å². The standard InChI is InChI=1S/C21H23FN4O2S/c1-13(2)19(25-20(27)18-5-4-10-29-18)21(28)24-12-15-6-7-17(16(22)11-15)26-9-8-23-14(26)3/h4-11,13,19H,12H2,1-3H3,(H,24,28)(H,25,27). The van der Waals surface area contributed by atoms with E-state index in [1.807, 2.05) is 19.2 Å². The molecule has 0 aliphatic heterocycles. The van der Waals surface area contributed by atoms with Crippen LogP contribution in [-0.4, -0.2) is 27.4 Å². The molecule has 0 radical (unpaired) electrons. The first-order valence-electron chi connectivity index (χ1n) is 9.27. The zero-order valence-corrected chi connectivity index (χ0v) is 17.3. The molecule has 0 aliphatic carbocycles. The molecule has 0 bridgehead atoms. The third-order valence-corrected chi connectivity index (χ3v) is 5.41. The highest BCUT2D eigenvalue weighted by molar-refractivity contribution is 7.12. The third kappa shape index (κ3) is 4.89. The van der Waals surface area contributed by atoms with Gasteiger partial charge in [0.15, 0.2) is 0 Å². The second kappa shape index (κ2) is 9.00. The van der Waals surface area contributed by atoms with Gasteiger partial charge < -0.3 is 15.2 Å². The molecule has 2 N–H and O–H groups in total. The largest absolute Gasteiger partial charge is 0.350 e. The third-order valence-electron chi connectivity index (χ3n) is 4.54. The molecule has 2 amide bonds. The first-order valence-corrected chi connectivity index (χ1v) is 10.2. The number of hydrogen-bond donors (Lipinski definition) is 2. The number of nitrogens with one attached hydrogen (secondary N) is 2. The maximum Gasteiger partial charge on any atom is 0.262 e. The van der Waals surface area contributed by atoms with Gasteiger partial charge in [-0.2, -0.15) is 0 Å². The van der Waals surface area contributed by atoms with Gasteiger partial charge in [-0.1, -0.05) is 26.0 Å². The topological polar surface area (TPSA) is 76.0 Å². The van der Waals surface area contributed by atoms with Crippen molar-refractivity contribution in [3.8, 4) is 5.69 Å². The molecular weight excluding hydrogens is 391 g/mol. The smallest absolute Gasteiger partial charge is 0.262 e. The van der Waals surface area contributed by atoms with E-state index in [1.54, 1.807) is 48.1 Å². The van der Waals surface area contributed by atoms with Crippen LogP contribution in [0, 0.1) is 18.7 Å². The molecule has 0 aliphatic rings. The Morgan fingerprint density at radius 1 is 1.28 bits per heavy atom. The van der Waals surface area contributed by atoms with E-state index < -0.39 is 11.9 Å². The van der Waals surface area contributed by atoms with Crippen molar-refractivity contribution in [2.24, 2.45) is 5.92 Å². The van der Waals surface area contributed by atoms with Crippen LogP contribution < -0.4 is 10.6 Å². The van der Waals surface area contributed by atoms with E-state index in [2.05, 4.69) is 15.6 Å². The highest BCUT2D eigenvalue weighted by Gasteiger charge is 2.24. The van der Waals surface area contributed by atoms with E-state index in [4.69, 9.17) is 0 Å². The van der Waals surface area contributed by atoms with Crippen LogP contribution in [0.2, 0.25) is 0 Å². The minimum absolute atomic E-state index is 0.0951. The molecule has 6 nitrogen and oxygen atoms in total. The van der Waals surface area contributed by atoms with E-state index in [-0.39, 0.29) is 24.3 Å². The summed E-state index contributed by atoms with van der Waals surface area (Å²) in [4.78, 5) is 29.6. The predicted molar refractivity (Wildman–Crippen MR) is 111 cm³/mol. The van der Waals surface area contributed by atoms with Crippen LogP contribution in [-0.2, 0) is 11.3 Å². The van der Waals surface area contributed by atoms with Gasteiger partial charge in [-0.3, -0.25) is 9.59 Å². The molecule has 0 fully saturated rings.